The number of carbonyl (C=O) groups is 2. The standard InChI is InChI=1S/C37H43N3O6S/c1-27-18-20-33(21-19-27)47(43,44)40(30-15-11-17-32(24-30)46-6)26-35(41)39(25-29-14-10-16-31(22-29)45-5)34(36(42)38-37(2,3)4)23-28-12-8-7-9-13-28/h7-22,24,34H,23,25-26H2,1-6H3,(H,38,42)/t34-/m0/s1. The molecule has 9 nitrogen and oxygen atoms in total. The van der Waals surface area contributed by atoms with Gasteiger partial charge >= 0.3 is 0 Å². The normalized spacial score (nSPS) is 12.1. The molecule has 1 atom stereocenters. The van der Waals surface area contributed by atoms with Crippen molar-refractivity contribution in [2.24, 2.45) is 0 Å². The molecule has 0 saturated carbocycles. The minimum absolute atomic E-state index is 0.0294. The summed E-state index contributed by atoms with van der Waals surface area (Å²) in [6.45, 7) is 6.95. The van der Waals surface area contributed by atoms with Crippen molar-refractivity contribution in [3.63, 3.8) is 0 Å². The molecule has 0 radical (unpaired) electrons. The fourth-order valence-corrected chi connectivity index (χ4v) is 6.51. The van der Waals surface area contributed by atoms with E-state index in [1.165, 1.54) is 24.1 Å². The molecule has 10 heteroatoms. The average molecular weight is 658 g/mol. The quantitative estimate of drug-likeness (QED) is 0.196. The molecule has 1 N–H and O–H groups in total. The van der Waals surface area contributed by atoms with Gasteiger partial charge in [-0.1, -0.05) is 66.2 Å². The lowest BCUT2D eigenvalue weighted by atomic mass is 10.0. The third-order valence-electron chi connectivity index (χ3n) is 7.49. The van der Waals surface area contributed by atoms with Crippen LogP contribution in [-0.2, 0) is 32.6 Å². The highest BCUT2D eigenvalue weighted by Gasteiger charge is 2.35. The largest absolute Gasteiger partial charge is 0.497 e. The van der Waals surface area contributed by atoms with Crippen LogP contribution in [0.1, 0.15) is 37.5 Å². The van der Waals surface area contributed by atoms with E-state index in [4.69, 9.17) is 9.47 Å². The van der Waals surface area contributed by atoms with Crippen molar-refractivity contribution in [3.8, 4) is 11.5 Å². The van der Waals surface area contributed by atoms with Gasteiger partial charge in [0, 0.05) is 24.6 Å². The number of benzene rings is 4. The van der Waals surface area contributed by atoms with Crippen LogP contribution in [0.2, 0.25) is 0 Å². The van der Waals surface area contributed by atoms with Crippen molar-refractivity contribution in [2.75, 3.05) is 25.1 Å². The molecule has 0 aliphatic rings. The number of aryl methyl sites for hydroxylation is 1. The van der Waals surface area contributed by atoms with E-state index in [0.717, 1.165) is 15.4 Å². The molecule has 0 spiro atoms. The minimum atomic E-state index is -4.23. The van der Waals surface area contributed by atoms with E-state index in [0.29, 0.717) is 17.1 Å². The summed E-state index contributed by atoms with van der Waals surface area (Å²) in [5.41, 5.74) is 2.12. The highest BCUT2D eigenvalue weighted by molar-refractivity contribution is 7.92. The highest BCUT2D eigenvalue weighted by Crippen LogP contribution is 2.28. The maximum Gasteiger partial charge on any atom is 0.264 e. The Morgan fingerprint density at radius 3 is 2.00 bits per heavy atom. The smallest absolute Gasteiger partial charge is 0.264 e. The zero-order valence-corrected chi connectivity index (χ0v) is 28.6. The van der Waals surface area contributed by atoms with Crippen LogP contribution in [0.4, 0.5) is 5.69 Å². The van der Waals surface area contributed by atoms with Crippen molar-refractivity contribution in [2.45, 2.75) is 57.1 Å². The molecule has 0 aliphatic carbocycles. The van der Waals surface area contributed by atoms with Crippen molar-refractivity contribution in [1.29, 1.82) is 0 Å². The second kappa shape index (κ2) is 15.2. The van der Waals surface area contributed by atoms with Gasteiger partial charge in [-0.25, -0.2) is 8.42 Å². The van der Waals surface area contributed by atoms with Gasteiger partial charge in [0.25, 0.3) is 10.0 Å². The number of carbonyl (C=O) groups excluding carboxylic acids is 2. The molecule has 0 aromatic heterocycles. The number of hydrogen-bond donors (Lipinski definition) is 1. The summed E-state index contributed by atoms with van der Waals surface area (Å²) in [7, 11) is -1.19. The molecule has 4 rings (SSSR count). The van der Waals surface area contributed by atoms with Gasteiger partial charge in [0.1, 0.15) is 24.1 Å². The first-order valence-electron chi connectivity index (χ1n) is 15.3. The summed E-state index contributed by atoms with van der Waals surface area (Å²) < 4.78 is 40.4. The van der Waals surface area contributed by atoms with Gasteiger partial charge in [-0.2, -0.15) is 0 Å². The lowest BCUT2D eigenvalue weighted by molar-refractivity contribution is -0.140. The van der Waals surface area contributed by atoms with E-state index in [9.17, 15) is 18.0 Å². The van der Waals surface area contributed by atoms with Crippen molar-refractivity contribution < 1.29 is 27.5 Å². The number of rotatable bonds is 13. The molecule has 0 aliphatic heterocycles. The van der Waals surface area contributed by atoms with Gasteiger partial charge in [-0.05, 0) is 75.2 Å². The molecule has 0 heterocycles. The van der Waals surface area contributed by atoms with Gasteiger partial charge in [0.15, 0.2) is 0 Å². The SMILES string of the molecule is COc1cccc(CN(C(=O)CN(c2cccc(OC)c2)S(=O)(=O)c2ccc(C)cc2)[C@@H](Cc2ccccc2)C(=O)NC(C)(C)C)c1. The first-order chi connectivity index (χ1) is 22.3. The molecule has 0 bridgehead atoms. The van der Waals surface area contributed by atoms with Crippen LogP contribution in [0, 0.1) is 6.92 Å². The van der Waals surface area contributed by atoms with Crippen molar-refractivity contribution >= 4 is 27.5 Å². The molecule has 2 amide bonds. The van der Waals surface area contributed by atoms with Gasteiger partial charge in [0.05, 0.1) is 24.8 Å². The van der Waals surface area contributed by atoms with E-state index >= 15 is 0 Å². The Kier molecular flexibility index (Phi) is 11.3. The van der Waals surface area contributed by atoms with Crippen LogP contribution in [0.25, 0.3) is 0 Å². The maximum atomic E-state index is 14.7. The van der Waals surface area contributed by atoms with Crippen LogP contribution in [0.5, 0.6) is 11.5 Å². The third kappa shape index (κ3) is 9.36. The van der Waals surface area contributed by atoms with Crippen molar-refractivity contribution in [3.05, 3.63) is 120 Å². The number of amides is 2. The lowest BCUT2D eigenvalue weighted by Gasteiger charge is -2.35. The number of nitrogens with one attached hydrogen (secondary N) is 1. The van der Waals surface area contributed by atoms with Crippen LogP contribution in [0.3, 0.4) is 0 Å². The summed E-state index contributed by atoms with van der Waals surface area (Å²) in [4.78, 5) is 30.2. The minimum Gasteiger partial charge on any atom is -0.497 e. The van der Waals surface area contributed by atoms with Gasteiger partial charge in [0.2, 0.25) is 11.8 Å². The average Bonchev–Trinajstić information content (AvgIpc) is 3.05. The molecular formula is C37H43N3O6S. The molecular weight excluding hydrogens is 614 g/mol. The lowest BCUT2D eigenvalue weighted by Crippen LogP contribution is -2.56. The molecule has 47 heavy (non-hydrogen) atoms. The number of anilines is 1. The molecule has 4 aromatic carbocycles. The summed E-state index contributed by atoms with van der Waals surface area (Å²) in [6.07, 6.45) is 0.211. The van der Waals surface area contributed by atoms with E-state index in [1.54, 1.807) is 55.6 Å². The summed E-state index contributed by atoms with van der Waals surface area (Å²) >= 11 is 0. The number of sulfonamides is 1. The van der Waals surface area contributed by atoms with Crippen LogP contribution in [0.15, 0.2) is 108 Å². The van der Waals surface area contributed by atoms with Crippen LogP contribution in [-0.4, -0.2) is 57.5 Å². The Hall–Kier alpha value is -4.83. The predicted octanol–water partition coefficient (Wildman–Crippen LogP) is 5.76. The Morgan fingerprint density at radius 1 is 0.787 bits per heavy atom. The summed E-state index contributed by atoms with van der Waals surface area (Å²) in [5, 5.41) is 3.04. The number of ether oxygens (including phenoxy) is 2. The van der Waals surface area contributed by atoms with E-state index in [-0.39, 0.29) is 29.5 Å². The van der Waals surface area contributed by atoms with E-state index < -0.39 is 34.1 Å². The first-order valence-corrected chi connectivity index (χ1v) is 16.8. The molecule has 0 unspecified atom stereocenters. The number of nitrogens with zero attached hydrogens (tertiary/aromatic N) is 2. The number of hydrogen-bond acceptors (Lipinski definition) is 6. The van der Waals surface area contributed by atoms with Crippen molar-refractivity contribution in [1.82, 2.24) is 10.2 Å². The topological polar surface area (TPSA) is 105 Å². The van der Waals surface area contributed by atoms with E-state index in [1.807, 2.05) is 70.2 Å². The zero-order valence-electron chi connectivity index (χ0n) is 27.8. The molecule has 4 aromatic rings. The maximum absolute atomic E-state index is 14.7. The summed E-state index contributed by atoms with van der Waals surface area (Å²) in [5.74, 6) is 0.107. The Morgan fingerprint density at radius 2 is 1.38 bits per heavy atom. The Bertz CT molecular complexity index is 1770. The fraction of sp³-hybridized carbons (Fsp3) is 0.297. The van der Waals surface area contributed by atoms with Gasteiger partial charge in [-0.15, -0.1) is 0 Å². The van der Waals surface area contributed by atoms with Crippen LogP contribution >= 0.6 is 0 Å². The molecule has 0 saturated heterocycles. The number of methoxy groups -OCH3 is 2. The fourth-order valence-electron chi connectivity index (χ4n) is 5.11. The predicted molar refractivity (Wildman–Crippen MR) is 184 cm³/mol. The highest BCUT2D eigenvalue weighted by atomic mass is 32.2. The Balaban J connectivity index is 1.84. The third-order valence-corrected chi connectivity index (χ3v) is 9.27. The van der Waals surface area contributed by atoms with E-state index in [2.05, 4.69) is 5.32 Å². The first kappa shape index (κ1) is 35.0. The second-order valence-corrected chi connectivity index (χ2v) is 14.2. The zero-order chi connectivity index (χ0) is 34.2. The Labute approximate surface area is 278 Å². The monoisotopic (exact) mass is 657 g/mol. The van der Waals surface area contributed by atoms with Crippen LogP contribution < -0.4 is 19.1 Å². The summed E-state index contributed by atoms with van der Waals surface area (Å²) in [6, 6.07) is 28.7. The molecule has 248 valence electrons. The van der Waals surface area contributed by atoms with Gasteiger partial charge < -0.3 is 19.7 Å². The van der Waals surface area contributed by atoms with Gasteiger partial charge in [-0.3, -0.25) is 13.9 Å². The second-order valence-electron chi connectivity index (χ2n) is 12.3. The molecule has 0 fully saturated rings.